The molecule has 0 atom stereocenters. The summed E-state index contributed by atoms with van der Waals surface area (Å²) in [6, 6.07) is 11.2. The maximum atomic E-state index is 14.6. The van der Waals surface area contributed by atoms with E-state index in [0.29, 0.717) is 15.6 Å². The first-order chi connectivity index (χ1) is 16.3. The number of rotatable bonds is 5. The summed E-state index contributed by atoms with van der Waals surface area (Å²) in [7, 11) is 1.82. The van der Waals surface area contributed by atoms with Crippen LogP contribution in [0.4, 0.5) is 10.1 Å². The summed E-state index contributed by atoms with van der Waals surface area (Å²) in [4.78, 5) is 33.6. The minimum atomic E-state index is -0.550. The molecule has 0 aromatic heterocycles. The largest absolute Gasteiger partial charge is 0.342 e. The zero-order chi connectivity index (χ0) is 24.2. The number of para-hydroxylation sites is 1. The number of amidine groups is 1. The zero-order valence-corrected chi connectivity index (χ0v) is 21.0. The lowest BCUT2D eigenvalue weighted by atomic mass is 9.94. The van der Waals surface area contributed by atoms with Crippen molar-refractivity contribution < 1.29 is 14.0 Å². The SMILES string of the molecule is CN(C(=O)CSC1=NC(=Cc2ccc(Cl)c(Cl)c2)C(=O)N1c1ccccc1F)C1CCCCC1. The number of nitrogens with zero attached hydrogens (tertiary/aromatic N) is 3. The summed E-state index contributed by atoms with van der Waals surface area (Å²) in [5.41, 5.74) is 0.843. The predicted octanol–water partition coefficient (Wildman–Crippen LogP) is 6.40. The van der Waals surface area contributed by atoms with Gasteiger partial charge in [-0.15, -0.1) is 0 Å². The van der Waals surface area contributed by atoms with Crippen LogP contribution in [-0.2, 0) is 9.59 Å². The van der Waals surface area contributed by atoms with Crippen LogP contribution in [0, 0.1) is 5.82 Å². The zero-order valence-electron chi connectivity index (χ0n) is 18.6. The molecule has 2 aromatic rings. The Morgan fingerprint density at radius 1 is 1.18 bits per heavy atom. The van der Waals surface area contributed by atoms with Crippen molar-refractivity contribution in [3.63, 3.8) is 0 Å². The lowest BCUT2D eigenvalue weighted by Gasteiger charge is -2.31. The summed E-state index contributed by atoms with van der Waals surface area (Å²) in [6.07, 6.45) is 7.04. The Balaban J connectivity index is 1.59. The van der Waals surface area contributed by atoms with Crippen molar-refractivity contribution in [3.8, 4) is 0 Å². The molecule has 1 saturated carbocycles. The molecule has 1 fully saturated rings. The lowest BCUT2D eigenvalue weighted by Crippen LogP contribution is -2.40. The third kappa shape index (κ3) is 5.48. The molecule has 0 N–H and O–H groups in total. The van der Waals surface area contributed by atoms with Gasteiger partial charge in [-0.25, -0.2) is 9.38 Å². The highest BCUT2D eigenvalue weighted by molar-refractivity contribution is 8.14. The molecule has 0 radical (unpaired) electrons. The number of benzene rings is 2. The van der Waals surface area contributed by atoms with Crippen molar-refractivity contribution in [1.29, 1.82) is 0 Å². The second-order valence-corrected chi connectivity index (χ2v) is 10.0. The van der Waals surface area contributed by atoms with Gasteiger partial charge in [0.1, 0.15) is 11.5 Å². The van der Waals surface area contributed by atoms with Gasteiger partial charge in [-0.2, -0.15) is 0 Å². The standard InChI is InChI=1S/C25H24Cl2FN3O2S/c1-30(17-7-3-2-4-8-17)23(32)15-34-25-29-21(14-16-11-12-18(26)19(27)13-16)24(33)31(25)22-10-6-5-9-20(22)28/h5-6,9-14,17H,2-4,7-8,15H2,1H3. The van der Waals surface area contributed by atoms with Crippen LogP contribution < -0.4 is 4.90 Å². The van der Waals surface area contributed by atoms with Crippen LogP contribution in [0.2, 0.25) is 10.0 Å². The summed E-state index contributed by atoms with van der Waals surface area (Å²) < 4.78 is 14.6. The van der Waals surface area contributed by atoms with E-state index in [1.54, 1.807) is 41.3 Å². The van der Waals surface area contributed by atoms with Gasteiger partial charge in [0.15, 0.2) is 5.17 Å². The number of aliphatic imine (C=N–C) groups is 1. The third-order valence-electron chi connectivity index (χ3n) is 6.01. The number of hydrogen-bond donors (Lipinski definition) is 0. The highest BCUT2D eigenvalue weighted by Crippen LogP contribution is 2.32. The Kier molecular flexibility index (Phi) is 7.96. The average molecular weight is 520 g/mol. The van der Waals surface area contributed by atoms with E-state index in [9.17, 15) is 14.0 Å². The summed E-state index contributed by atoms with van der Waals surface area (Å²) in [6.45, 7) is 0. The molecule has 9 heteroatoms. The Morgan fingerprint density at radius 2 is 1.91 bits per heavy atom. The molecule has 0 saturated heterocycles. The monoisotopic (exact) mass is 519 g/mol. The van der Waals surface area contributed by atoms with Crippen LogP contribution in [0.25, 0.3) is 6.08 Å². The van der Waals surface area contributed by atoms with Crippen LogP contribution in [0.15, 0.2) is 53.2 Å². The number of anilines is 1. The molecule has 5 nitrogen and oxygen atoms in total. The molecule has 0 spiro atoms. The fourth-order valence-electron chi connectivity index (χ4n) is 4.10. The molecule has 2 aromatic carbocycles. The third-order valence-corrected chi connectivity index (χ3v) is 7.67. The molecule has 1 heterocycles. The van der Waals surface area contributed by atoms with E-state index >= 15 is 0 Å². The van der Waals surface area contributed by atoms with Crippen LogP contribution in [-0.4, -0.2) is 40.7 Å². The summed E-state index contributed by atoms with van der Waals surface area (Å²) in [5, 5.41) is 1.00. The van der Waals surface area contributed by atoms with Crippen LogP contribution in [0.5, 0.6) is 0 Å². The topological polar surface area (TPSA) is 53.0 Å². The minimum Gasteiger partial charge on any atom is -0.342 e. The Bertz CT molecular complexity index is 1160. The molecule has 34 heavy (non-hydrogen) atoms. The van der Waals surface area contributed by atoms with Gasteiger partial charge >= 0.3 is 0 Å². The summed E-state index contributed by atoms with van der Waals surface area (Å²) >= 11 is 13.2. The maximum absolute atomic E-state index is 14.6. The van der Waals surface area contributed by atoms with Crippen LogP contribution >= 0.6 is 35.0 Å². The lowest BCUT2D eigenvalue weighted by molar-refractivity contribution is -0.129. The first-order valence-corrected chi connectivity index (χ1v) is 12.8. The molecular weight excluding hydrogens is 496 g/mol. The van der Waals surface area contributed by atoms with Crippen molar-refractivity contribution in [3.05, 3.63) is 69.6 Å². The van der Waals surface area contributed by atoms with E-state index in [0.717, 1.165) is 37.4 Å². The number of amides is 2. The molecule has 0 bridgehead atoms. The summed E-state index contributed by atoms with van der Waals surface area (Å²) in [5.74, 6) is -0.968. The molecular formula is C25H24Cl2FN3O2S. The predicted molar refractivity (Wildman–Crippen MR) is 138 cm³/mol. The molecule has 178 valence electrons. The van der Waals surface area contributed by atoms with E-state index < -0.39 is 11.7 Å². The molecule has 2 amide bonds. The molecule has 4 rings (SSSR count). The molecule has 0 unspecified atom stereocenters. The average Bonchev–Trinajstić information content (AvgIpc) is 3.15. The quantitative estimate of drug-likeness (QED) is 0.429. The molecule has 1 aliphatic heterocycles. The van der Waals surface area contributed by atoms with Gasteiger partial charge in [-0.1, -0.05) is 72.4 Å². The van der Waals surface area contributed by atoms with Gasteiger partial charge in [0.25, 0.3) is 5.91 Å². The van der Waals surface area contributed by atoms with Crippen molar-refractivity contribution in [2.24, 2.45) is 4.99 Å². The van der Waals surface area contributed by atoms with Gasteiger partial charge in [0.05, 0.1) is 21.5 Å². The molecule has 1 aliphatic carbocycles. The normalized spacial score (nSPS) is 17.9. The second-order valence-electron chi connectivity index (χ2n) is 8.27. The Labute approximate surface area is 212 Å². The van der Waals surface area contributed by atoms with E-state index in [-0.39, 0.29) is 34.3 Å². The number of carbonyl (C=O) groups is 2. The molecule has 2 aliphatic rings. The van der Waals surface area contributed by atoms with Gasteiger partial charge in [0.2, 0.25) is 5.91 Å². The smallest absolute Gasteiger partial charge is 0.283 e. The van der Waals surface area contributed by atoms with Crippen molar-refractivity contribution in [2.75, 3.05) is 17.7 Å². The highest BCUT2D eigenvalue weighted by Gasteiger charge is 2.34. The van der Waals surface area contributed by atoms with E-state index in [2.05, 4.69) is 4.99 Å². The van der Waals surface area contributed by atoms with Crippen LogP contribution in [0.3, 0.4) is 0 Å². The fraction of sp³-hybridized carbons (Fsp3) is 0.320. The van der Waals surface area contributed by atoms with Crippen molar-refractivity contribution in [1.82, 2.24) is 4.90 Å². The number of halogens is 3. The van der Waals surface area contributed by atoms with E-state index in [1.807, 2.05) is 7.05 Å². The van der Waals surface area contributed by atoms with Gasteiger partial charge in [-0.05, 0) is 48.7 Å². The first-order valence-electron chi connectivity index (χ1n) is 11.1. The van der Waals surface area contributed by atoms with Crippen LogP contribution in [0.1, 0.15) is 37.7 Å². The number of hydrogen-bond acceptors (Lipinski definition) is 4. The highest BCUT2D eigenvalue weighted by atomic mass is 35.5. The van der Waals surface area contributed by atoms with E-state index in [1.165, 1.54) is 23.5 Å². The Hall–Kier alpha value is -2.35. The first kappa shape index (κ1) is 24.8. The fourth-order valence-corrected chi connectivity index (χ4v) is 5.33. The number of thioether (sulfide) groups is 1. The number of carbonyl (C=O) groups excluding carboxylic acids is 2. The van der Waals surface area contributed by atoms with Gasteiger partial charge in [-0.3, -0.25) is 14.5 Å². The van der Waals surface area contributed by atoms with Gasteiger partial charge < -0.3 is 4.90 Å². The van der Waals surface area contributed by atoms with Gasteiger partial charge in [0, 0.05) is 13.1 Å². The maximum Gasteiger partial charge on any atom is 0.283 e. The second kappa shape index (κ2) is 10.9. The van der Waals surface area contributed by atoms with Crippen molar-refractivity contribution in [2.45, 2.75) is 38.1 Å². The van der Waals surface area contributed by atoms with E-state index in [4.69, 9.17) is 23.2 Å². The van der Waals surface area contributed by atoms with Crippen molar-refractivity contribution >= 4 is 63.7 Å². The Morgan fingerprint density at radius 3 is 2.62 bits per heavy atom. The minimum absolute atomic E-state index is 0.0394.